The summed E-state index contributed by atoms with van der Waals surface area (Å²) in [5.41, 5.74) is 1.46. The monoisotopic (exact) mass is 1420 g/mol. The second-order valence-corrected chi connectivity index (χ2v) is 30.2. The van der Waals surface area contributed by atoms with Gasteiger partial charge in [0.2, 0.25) is 11.8 Å². The number of aromatic hydroxyl groups is 2. The third-order valence-electron chi connectivity index (χ3n) is 19.6. The maximum absolute atomic E-state index is 12.1. The summed E-state index contributed by atoms with van der Waals surface area (Å²) >= 11 is 2.02. The highest BCUT2D eigenvalue weighted by atomic mass is 32.1. The minimum atomic E-state index is -1.19. The van der Waals surface area contributed by atoms with Crippen LogP contribution in [0.4, 0.5) is 0 Å². The van der Waals surface area contributed by atoms with Crippen LogP contribution in [-0.2, 0) is 33.9 Å². The smallest absolute Gasteiger partial charge is 0.305 e. The van der Waals surface area contributed by atoms with Gasteiger partial charge in [-0.25, -0.2) is 9.97 Å². The number of thiazole rings is 2. The van der Waals surface area contributed by atoms with E-state index in [9.17, 15) is 40.2 Å². The van der Waals surface area contributed by atoms with E-state index in [2.05, 4.69) is 58.8 Å². The van der Waals surface area contributed by atoms with Crippen molar-refractivity contribution in [2.24, 2.45) is 11.8 Å². The number of unbranched alkanes of at least 4 members (excludes halogenated alkanes) is 12. The van der Waals surface area contributed by atoms with E-state index in [0.717, 1.165) is 183 Å². The highest BCUT2D eigenvalue weighted by molar-refractivity contribution is 7.17. The highest BCUT2D eigenvalue weighted by Gasteiger charge is 2.46. The SMILES string of the molecule is C[N+](C)(CCCCCCCCCNC[C@H](O)c1ccc(O)c2[nH]c(=O)sc12)Cc1cnc([C@](O)(c2ccccc2)C2CCCCC2)o1.C[N+](C)(CCCCCCCCCNC[C@H](O)c1ccc(O)c2[nH]c(=O)sc12)Cc1cnc([C@](O)(c2ccccc2)C2CCCCC2)o1.O=C[O-].O=C[O-]. The van der Waals surface area contributed by atoms with Gasteiger partial charge in [-0.05, 0) is 101 Å². The summed E-state index contributed by atoms with van der Waals surface area (Å²) in [5.74, 6) is 2.80. The number of hydrogen-bond acceptors (Lipinski definition) is 20. The number of quaternary nitrogens is 2. The molecule has 548 valence electrons. The molecular formula is C76H108N8O14S2. The van der Waals surface area contributed by atoms with Gasteiger partial charge in [0.25, 0.3) is 0 Å². The van der Waals surface area contributed by atoms with E-state index in [1.165, 1.54) is 76.3 Å². The number of aromatic amines is 2. The molecule has 24 heteroatoms. The Morgan fingerprint density at radius 2 is 0.860 bits per heavy atom. The Labute approximate surface area is 595 Å². The normalized spacial score (nSPS) is 15.7. The van der Waals surface area contributed by atoms with Crippen molar-refractivity contribution in [3.05, 3.63) is 162 Å². The van der Waals surface area contributed by atoms with Crippen LogP contribution in [0.15, 0.2) is 116 Å². The Morgan fingerprint density at radius 3 is 1.21 bits per heavy atom. The summed E-state index contributed by atoms with van der Waals surface area (Å²) in [5, 5.41) is 88.6. The van der Waals surface area contributed by atoms with Gasteiger partial charge in [0.15, 0.2) is 22.7 Å². The van der Waals surface area contributed by atoms with Crippen molar-refractivity contribution in [3.8, 4) is 11.5 Å². The highest BCUT2D eigenvalue weighted by Crippen LogP contribution is 2.46. The molecule has 22 nitrogen and oxygen atoms in total. The van der Waals surface area contributed by atoms with Crippen LogP contribution in [0.1, 0.15) is 212 Å². The lowest BCUT2D eigenvalue weighted by atomic mass is 9.73. The van der Waals surface area contributed by atoms with Gasteiger partial charge in [0.05, 0.1) is 75.3 Å². The van der Waals surface area contributed by atoms with Crippen molar-refractivity contribution < 1.29 is 68.2 Å². The maximum atomic E-state index is 12.1. The number of aromatic nitrogens is 4. The lowest BCUT2D eigenvalue weighted by Gasteiger charge is -2.36. The molecule has 10 rings (SSSR count). The summed E-state index contributed by atoms with van der Waals surface area (Å²) in [6.45, 7) is 5.08. The number of phenols is 2. The fourth-order valence-electron chi connectivity index (χ4n) is 14.3. The molecule has 2 saturated carbocycles. The molecule has 2 aliphatic rings. The van der Waals surface area contributed by atoms with E-state index in [-0.39, 0.29) is 33.1 Å². The van der Waals surface area contributed by atoms with E-state index in [4.69, 9.17) is 28.6 Å². The Balaban J connectivity index is 0.000000260. The standard InChI is InChI=1S/2C37H52N4O5S.2CH2O2/c2*1-41(2,26-29-24-39-35(46-29)37(45,27-16-10-8-11-17-27)28-18-12-9-13-19-28)23-15-7-5-3-4-6-14-22-38-25-32(43)30-20-21-31(42)33-34(30)47-36(44)40-33;2*2-1-3/h2*8,10-11,16-17,20-21,24,28,32,38,43,45H,3-7,9,12-15,18-19,22-23,25-26H2,1-2H3,(H-,40,42,44);2*1H,(H,2,3)/t2*32-,37-;;/m00../s1. The summed E-state index contributed by atoms with van der Waals surface area (Å²) in [6, 6.07) is 26.3. The number of hydrogen-bond donors (Lipinski definition) is 10. The molecule has 2 fully saturated rings. The molecule has 0 spiro atoms. The van der Waals surface area contributed by atoms with Crippen LogP contribution in [0, 0.1) is 11.8 Å². The number of aliphatic hydroxyl groups excluding tert-OH is 2. The summed E-state index contributed by atoms with van der Waals surface area (Å²) in [4.78, 5) is 54.0. The number of nitrogens with zero attached hydrogens (tertiary/aromatic N) is 4. The van der Waals surface area contributed by atoms with Gasteiger partial charge in [-0.15, -0.1) is 0 Å². The third kappa shape index (κ3) is 23.5. The Morgan fingerprint density at radius 1 is 0.530 bits per heavy atom. The molecule has 0 saturated heterocycles. The Kier molecular flexibility index (Phi) is 32.5. The van der Waals surface area contributed by atoms with Crippen molar-refractivity contribution in [1.29, 1.82) is 0 Å². The number of H-pyrrole nitrogens is 2. The molecule has 0 amide bonds. The number of nitrogens with one attached hydrogen (secondary N) is 4. The lowest BCUT2D eigenvalue weighted by molar-refractivity contribution is -0.904. The first kappa shape index (κ1) is 80.2. The minimum absolute atomic E-state index is 0.0218. The number of rotatable bonds is 36. The summed E-state index contributed by atoms with van der Waals surface area (Å²) in [7, 11) is 8.95. The number of phenolic OH excluding ortho intramolecular Hbond substituents is 2. The van der Waals surface area contributed by atoms with Crippen molar-refractivity contribution >= 4 is 56.1 Å². The molecule has 0 unspecified atom stereocenters. The third-order valence-corrected chi connectivity index (χ3v) is 21.4. The summed E-state index contributed by atoms with van der Waals surface area (Å²) < 4.78 is 15.5. The Hall–Kier alpha value is -7.10. The first-order valence-electron chi connectivity index (χ1n) is 35.9. The second-order valence-electron chi connectivity index (χ2n) is 28.2. The predicted octanol–water partition coefficient (Wildman–Crippen LogP) is 10.2. The molecule has 4 heterocycles. The molecule has 4 aromatic carbocycles. The molecule has 0 radical (unpaired) electrons. The Bertz CT molecular complexity index is 3540. The predicted molar refractivity (Wildman–Crippen MR) is 387 cm³/mol. The zero-order valence-electron chi connectivity index (χ0n) is 58.9. The molecule has 4 atom stereocenters. The fraction of sp³-hybridized carbons (Fsp3) is 0.553. The first-order chi connectivity index (χ1) is 48.2. The van der Waals surface area contributed by atoms with E-state index in [1.807, 2.05) is 73.1 Å². The number of carbonyl (C=O) groups is 2. The lowest BCUT2D eigenvalue weighted by Crippen LogP contribution is -2.39. The average molecular weight is 1420 g/mol. The molecule has 10 N–H and O–H groups in total. The zero-order valence-corrected chi connectivity index (χ0v) is 60.5. The number of aliphatic hydroxyl groups is 4. The molecule has 8 aromatic rings. The van der Waals surface area contributed by atoms with Gasteiger partial charge in [-0.3, -0.25) is 9.59 Å². The van der Waals surface area contributed by atoms with E-state index < -0.39 is 36.4 Å². The molecule has 4 aromatic heterocycles. The molecule has 0 aliphatic heterocycles. The molecule has 100 heavy (non-hydrogen) atoms. The van der Waals surface area contributed by atoms with Crippen LogP contribution in [0.3, 0.4) is 0 Å². The second kappa shape index (κ2) is 40.5. The quantitative estimate of drug-likeness (QED) is 0.00991. The fourth-order valence-corrected chi connectivity index (χ4v) is 16.1. The van der Waals surface area contributed by atoms with Gasteiger partial charge in [0, 0.05) is 49.0 Å². The van der Waals surface area contributed by atoms with Crippen molar-refractivity contribution in [3.63, 3.8) is 0 Å². The van der Waals surface area contributed by atoms with Gasteiger partial charge < -0.3 is 88.8 Å². The van der Waals surface area contributed by atoms with Crippen LogP contribution in [0.25, 0.3) is 20.4 Å². The van der Waals surface area contributed by atoms with E-state index in [0.29, 0.717) is 56.4 Å². The topological polar surface area (TPSA) is 343 Å². The molecule has 2 aliphatic carbocycles. The van der Waals surface area contributed by atoms with Crippen molar-refractivity contribution in [2.45, 2.75) is 191 Å². The first-order valence-corrected chi connectivity index (χ1v) is 37.5. The van der Waals surface area contributed by atoms with Crippen LogP contribution in [-0.4, -0.2) is 140 Å². The minimum Gasteiger partial charge on any atom is -0.554 e. The number of fused-ring (bicyclic) bond motifs is 2. The number of benzene rings is 4. The van der Waals surface area contributed by atoms with Crippen molar-refractivity contribution in [2.75, 3.05) is 67.5 Å². The van der Waals surface area contributed by atoms with Crippen LogP contribution < -0.4 is 30.6 Å². The van der Waals surface area contributed by atoms with Crippen LogP contribution in [0.5, 0.6) is 11.5 Å². The van der Waals surface area contributed by atoms with Gasteiger partial charge in [-0.1, -0.05) is 185 Å². The van der Waals surface area contributed by atoms with E-state index in [1.54, 1.807) is 12.1 Å². The van der Waals surface area contributed by atoms with Crippen LogP contribution in [0.2, 0.25) is 0 Å². The van der Waals surface area contributed by atoms with Crippen molar-refractivity contribution in [1.82, 2.24) is 30.6 Å². The van der Waals surface area contributed by atoms with Gasteiger partial charge in [0.1, 0.15) is 35.6 Å². The molecular weight excluding hydrogens is 1310 g/mol. The maximum Gasteiger partial charge on any atom is 0.305 e. The molecule has 0 bridgehead atoms. The average Bonchev–Trinajstić information content (AvgIpc) is 1.34. The largest absolute Gasteiger partial charge is 0.554 e. The summed E-state index contributed by atoms with van der Waals surface area (Å²) in [6.07, 6.45) is 29.5. The number of carbonyl (C=O) groups excluding carboxylic acids is 2. The van der Waals surface area contributed by atoms with Gasteiger partial charge in [-0.2, -0.15) is 0 Å². The zero-order chi connectivity index (χ0) is 72.0. The number of carboxylic acid groups (broad SMARTS) is 2. The van der Waals surface area contributed by atoms with Crippen LogP contribution >= 0.6 is 22.7 Å². The number of oxazole rings is 2. The van der Waals surface area contributed by atoms with E-state index >= 15 is 0 Å². The van der Waals surface area contributed by atoms with Gasteiger partial charge >= 0.3 is 9.75 Å².